The minimum Gasteiger partial charge on any atom is -0.282 e. The molecule has 0 N–H and O–H groups in total. The Morgan fingerprint density at radius 3 is 2.38 bits per heavy atom. The van der Waals surface area contributed by atoms with Crippen LogP contribution in [0.3, 0.4) is 0 Å². The monoisotopic (exact) mass is 326 g/mol. The van der Waals surface area contributed by atoms with Gasteiger partial charge >= 0.3 is 0 Å². The topological polar surface area (TPSA) is 17.1 Å². The molecule has 0 amide bonds. The standard InChI is InChI=1S/C14H15F5OS/c15-9-12(17)14(18,19)8-11(16)6-7-21-13(20)10-4-2-1-3-5-10/h1-5,11-12H,6-9H2. The van der Waals surface area contributed by atoms with Gasteiger partial charge < -0.3 is 0 Å². The zero-order valence-corrected chi connectivity index (χ0v) is 11.9. The third-order valence-electron chi connectivity index (χ3n) is 2.76. The summed E-state index contributed by atoms with van der Waals surface area (Å²) < 4.78 is 63.8. The number of carbonyl (C=O) groups is 1. The average Bonchev–Trinajstić information content (AvgIpc) is 2.46. The summed E-state index contributed by atoms with van der Waals surface area (Å²) in [6, 6.07) is 8.26. The van der Waals surface area contributed by atoms with E-state index in [4.69, 9.17) is 0 Å². The lowest BCUT2D eigenvalue weighted by atomic mass is 10.1. The van der Waals surface area contributed by atoms with E-state index in [1.165, 1.54) is 0 Å². The Morgan fingerprint density at radius 1 is 1.19 bits per heavy atom. The fourth-order valence-corrected chi connectivity index (χ4v) is 2.44. The van der Waals surface area contributed by atoms with Crippen LogP contribution in [0.15, 0.2) is 30.3 Å². The van der Waals surface area contributed by atoms with E-state index >= 15 is 0 Å². The van der Waals surface area contributed by atoms with Gasteiger partial charge in [0.2, 0.25) is 5.12 Å². The molecule has 1 aromatic carbocycles. The molecular weight excluding hydrogens is 311 g/mol. The first-order valence-corrected chi connectivity index (χ1v) is 7.29. The van der Waals surface area contributed by atoms with Gasteiger partial charge in [0.25, 0.3) is 5.92 Å². The zero-order chi connectivity index (χ0) is 15.9. The van der Waals surface area contributed by atoms with Gasteiger partial charge in [-0.05, 0) is 6.42 Å². The quantitative estimate of drug-likeness (QED) is 0.648. The van der Waals surface area contributed by atoms with Gasteiger partial charge in [-0.3, -0.25) is 4.79 Å². The summed E-state index contributed by atoms with van der Waals surface area (Å²) in [5.74, 6) is -4.03. The second-order valence-corrected chi connectivity index (χ2v) is 5.54. The minimum atomic E-state index is -4.03. The van der Waals surface area contributed by atoms with Gasteiger partial charge in [0.1, 0.15) is 12.8 Å². The molecule has 0 saturated heterocycles. The van der Waals surface area contributed by atoms with E-state index in [2.05, 4.69) is 0 Å². The van der Waals surface area contributed by atoms with E-state index in [0.29, 0.717) is 5.56 Å². The molecule has 7 heteroatoms. The van der Waals surface area contributed by atoms with Crippen LogP contribution in [-0.2, 0) is 0 Å². The number of hydrogen-bond acceptors (Lipinski definition) is 2. The molecule has 21 heavy (non-hydrogen) atoms. The molecule has 2 atom stereocenters. The molecule has 0 aliphatic rings. The molecule has 0 saturated carbocycles. The van der Waals surface area contributed by atoms with Crippen molar-refractivity contribution >= 4 is 16.9 Å². The van der Waals surface area contributed by atoms with Crippen LogP contribution in [0.25, 0.3) is 0 Å². The Balaban J connectivity index is 2.34. The van der Waals surface area contributed by atoms with Crippen LogP contribution < -0.4 is 0 Å². The van der Waals surface area contributed by atoms with Crippen LogP contribution >= 0.6 is 11.8 Å². The third-order valence-corrected chi connectivity index (χ3v) is 3.70. The predicted octanol–water partition coefficient (Wildman–Crippen LogP) is 4.62. The van der Waals surface area contributed by atoms with Crippen molar-refractivity contribution in [3.8, 4) is 0 Å². The Hall–Kier alpha value is -1.11. The second kappa shape index (κ2) is 8.36. The highest BCUT2D eigenvalue weighted by Crippen LogP contribution is 2.30. The average molecular weight is 326 g/mol. The molecule has 0 fully saturated rings. The Kier molecular flexibility index (Phi) is 7.14. The number of thioether (sulfide) groups is 1. The van der Waals surface area contributed by atoms with Crippen molar-refractivity contribution in [2.75, 3.05) is 12.4 Å². The molecule has 0 aliphatic carbocycles. The lowest BCUT2D eigenvalue weighted by molar-refractivity contribution is -0.0978. The van der Waals surface area contributed by atoms with Gasteiger partial charge in [-0.15, -0.1) is 0 Å². The largest absolute Gasteiger partial charge is 0.284 e. The number of hydrogen-bond donors (Lipinski definition) is 0. The fraction of sp³-hybridized carbons (Fsp3) is 0.500. The van der Waals surface area contributed by atoms with Gasteiger partial charge in [-0.25, -0.2) is 22.0 Å². The first-order valence-electron chi connectivity index (χ1n) is 6.31. The molecular formula is C14H15F5OS. The van der Waals surface area contributed by atoms with Crippen LogP contribution in [0.4, 0.5) is 22.0 Å². The van der Waals surface area contributed by atoms with Crippen LogP contribution in [0.5, 0.6) is 0 Å². The Bertz CT molecular complexity index is 440. The van der Waals surface area contributed by atoms with E-state index in [9.17, 15) is 26.7 Å². The normalized spacial score (nSPS) is 14.7. The maximum Gasteiger partial charge on any atom is 0.284 e. The van der Waals surface area contributed by atoms with Crippen molar-refractivity contribution in [3.05, 3.63) is 35.9 Å². The number of halogens is 5. The lowest BCUT2D eigenvalue weighted by Crippen LogP contribution is -2.34. The van der Waals surface area contributed by atoms with Gasteiger partial charge in [-0.2, -0.15) is 0 Å². The molecule has 0 radical (unpaired) electrons. The van der Waals surface area contributed by atoms with E-state index in [-0.39, 0.29) is 17.3 Å². The van der Waals surface area contributed by atoms with Crippen molar-refractivity contribution in [2.45, 2.75) is 31.1 Å². The van der Waals surface area contributed by atoms with Crippen LogP contribution in [0.1, 0.15) is 23.2 Å². The smallest absolute Gasteiger partial charge is 0.282 e. The van der Waals surface area contributed by atoms with Crippen molar-refractivity contribution < 1.29 is 26.7 Å². The SMILES string of the molecule is O=C(SCCC(F)CC(F)(F)C(F)CF)c1ccccc1. The molecule has 0 heterocycles. The molecule has 0 aromatic heterocycles. The summed E-state index contributed by atoms with van der Waals surface area (Å²) in [7, 11) is 0. The number of alkyl halides is 5. The van der Waals surface area contributed by atoms with Crippen molar-refractivity contribution in [1.29, 1.82) is 0 Å². The van der Waals surface area contributed by atoms with Crippen molar-refractivity contribution in [3.63, 3.8) is 0 Å². The van der Waals surface area contributed by atoms with E-state index in [1.54, 1.807) is 30.3 Å². The summed E-state index contributed by atoms with van der Waals surface area (Å²) >= 11 is 0.806. The predicted molar refractivity (Wildman–Crippen MR) is 73.2 cm³/mol. The van der Waals surface area contributed by atoms with Gasteiger partial charge in [-0.1, -0.05) is 42.1 Å². The molecule has 1 rings (SSSR count). The first kappa shape index (κ1) is 17.9. The Labute approximate surface area is 123 Å². The molecule has 0 spiro atoms. The van der Waals surface area contributed by atoms with Gasteiger partial charge in [0.15, 0.2) is 6.17 Å². The van der Waals surface area contributed by atoms with Gasteiger partial charge in [0, 0.05) is 17.7 Å². The summed E-state index contributed by atoms with van der Waals surface area (Å²) in [6.45, 7) is -1.85. The zero-order valence-electron chi connectivity index (χ0n) is 11.1. The summed E-state index contributed by atoms with van der Waals surface area (Å²) in [5, 5.41) is -0.290. The maximum atomic E-state index is 13.4. The van der Waals surface area contributed by atoms with Crippen molar-refractivity contribution in [2.24, 2.45) is 0 Å². The maximum absolute atomic E-state index is 13.4. The molecule has 1 aromatic rings. The fourth-order valence-electron chi connectivity index (χ4n) is 1.58. The third kappa shape index (κ3) is 6.03. The van der Waals surface area contributed by atoms with Crippen LogP contribution in [0, 0.1) is 0 Å². The van der Waals surface area contributed by atoms with E-state index in [1.807, 2.05) is 0 Å². The highest BCUT2D eigenvalue weighted by molar-refractivity contribution is 8.14. The summed E-state index contributed by atoms with van der Waals surface area (Å²) in [6.07, 6.45) is -6.68. The minimum absolute atomic E-state index is 0.00243. The highest BCUT2D eigenvalue weighted by Gasteiger charge is 2.42. The summed E-state index contributed by atoms with van der Waals surface area (Å²) in [5.41, 5.74) is 0.435. The van der Waals surface area contributed by atoms with Crippen LogP contribution in [0.2, 0.25) is 0 Å². The van der Waals surface area contributed by atoms with E-state index in [0.717, 1.165) is 11.8 Å². The van der Waals surface area contributed by atoms with Crippen molar-refractivity contribution in [1.82, 2.24) is 0 Å². The molecule has 0 aliphatic heterocycles. The lowest BCUT2D eigenvalue weighted by Gasteiger charge is -2.20. The van der Waals surface area contributed by atoms with Gasteiger partial charge in [0.05, 0.1) is 0 Å². The highest BCUT2D eigenvalue weighted by atomic mass is 32.2. The molecule has 1 nitrogen and oxygen atoms in total. The number of rotatable bonds is 8. The van der Waals surface area contributed by atoms with E-state index < -0.39 is 31.4 Å². The summed E-state index contributed by atoms with van der Waals surface area (Å²) in [4.78, 5) is 11.6. The molecule has 0 bridgehead atoms. The second-order valence-electron chi connectivity index (χ2n) is 4.47. The Morgan fingerprint density at radius 2 is 1.81 bits per heavy atom. The number of carbonyl (C=O) groups excluding carboxylic acids is 1. The molecule has 118 valence electrons. The van der Waals surface area contributed by atoms with Crippen LogP contribution in [-0.4, -0.2) is 35.8 Å². The molecule has 2 unspecified atom stereocenters. The first-order chi connectivity index (χ1) is 9.86. The number of benzene rings is 1.